The van der Waals surface area contributed by atoms with Crippen LogP contribution >= 0.6 is 0 Å². The first-order valence-electron chi connectivity index (χ1n) is 10.5. The molecule has 9 nitrogen and oxygen atoms in total. The van der Waals surface area contributed by atoms with Gasteiger partial charge in [-0.15, -0.1) is 0 Å². The number of ether oxygens (including phenoxy) is 2. The zero-order valence-corrected chi connectivity index (χ0v) is 19.2. The molecule has 0 fully saturated rings. The molecule has 2 aromatic rings. The number of hydrogen-bond donors (Lipinski definition) is 2. The highest BCUT2D eigenvalue weighted by molar-refractivity contribution is 6.00. The van der Waals surface area contributed by atoms with Gasteiger partial charge in [-0.1, -0.05) is 32.0 Å². The van der Waals surface area contributed by atoms with Crippen molar-refractivity contribution in [1.29, 1.82) is 0 Å². The molecule has 0 aliphatic rings. The lowest BCUT2D eigenvalue weighted by atomic mass is 10.1. The van der Waals surface area contributed by atoms with Gasteiger partial charge in [0.15, 0.2) is 11.5 Å². The lowest BCUT2D eigenvalue weighted by Gasteiger charge is -2.14. The molecule has 0 heterocycles. The maximum atomic E-state index is 12.7. The van der Waals surface area contributed by atoms with E-state index in [4.69, 9.17) is 9.47 Å². The Morgan fingerprint density at radius 3 is 2.55 bits per heavy atom. The van der Waals surface area contributed by atoms with Crippen LogP contribution < -0.4 is 20.1 Å². The van der Waals surface area contributed by atoms with Gasteiger partial charge in [0.2, 0.25) is 5.91 Å². The van der Waals surface area contributed by atoms with Gasteiger partial charge < -0.3 is 20.1 Å². The number of methoxy groups -OCH3 is 1. The minimum absolute atomic E-state index is 0.0244. The molecule has 0 aliphatic heterocycles. The van der Waals surface area contributed by atoms with Gasteiger partial charge >= 0.3 is 0 Å². The monoisotopic (exact) mass is 455 g/mol. The molecule has 0 spiro atoms. The summed E-state index contributed by atoms with van der Waals surface area (Å²) in [5.41, 5.74) is 1.04. The third-order valence-corrected chi connectivity index (χ3v) is 4.58. The molecule has 0 radical (unpaired) electrons. The fourth-order valence-electron chi connectivity index (χ4n) is 2.87. The van der Waals surface area contributed by atoms with Crippen molar-refractivity contribution in [3.05, 3.63) is 69.4 Å². The number of nitrogens with zero attached hydrogens (tertiary/aromatic N) is 1. The van der Waals surface area contributed by atoms with E-state index in [0.717, 1.165) is 12.0 Å². The summed E-state index contributed by atoms with van der Waals surface area (Å²) in [7, 11) is 1.55. The normalized spacial score (nSPS) is 11.1. The van der Waals surface area contributed by atoms with Crippen molar-refractivity contribution < 1.29 is 24.0 Å². The average molecular weight is 456 g/mol. The standard InChI is InChI=1S/C24H29N3O6/c1-16(2)10-11-33-22-9-8-19(14-23(22)32-4)15-25-24(29)21(26-17(3)28)13-18-6-5-7-20(12-18)27(30)31/h5-9,12-14,16H,10-11,15H2,1-4H3,(H,25,29)(H,26,28)/b21-13-. The van der Waals surface area contributed by atoms with E-state index in [0.29, 0.717) is 29.6 Å². The van der Waals surface area contributed by atoms with Crippen molar-refractivity contribution in [2.75, 3.05) is 13.7 Å². The highest BCUT2D eigenvalue weighted by Gasteiger charge is 2.13. The Bertz CT molecular complexity index is 1030. The van der Waals surface area contributed by atoms with Crippen LogP contribution in [-0.4, -0.2) is 30.5 Å². The molecule has 2 rings (SSSR count). The zero-order valence-electron chi connectivity index (χ0n) is 19.2. The first kappa shape index (κ1) is 25.4. The summed E-state index contributed by atoms with van der Waals surface area (Å²) in [6, 6.07) is 11.1. The van der Waals surface area contributed by atoms with Crippen LogP contribution in [0.1, 0.15) is 38.3 Å². The Labute approximate surface area is 192 Å². The van der Waals surface area contributed by atoms with Gasteiger partial charge in [0.25, 0.3) is 11.6 Å². The van der Waals surface area contributed by atoms with Gasteiger partial charge in [-0.3, -0.25) is 19.7 Å². The second-order valence-corrected chi connectivity index (χ2v) is 7.79. The van der Waals surface area contributed by atoms with Crippen molar-refractivity contribution in [1.82, 2.24) is 10.6 Å². The third kappa shape index (κ3) is 8.29. The van der Waals surface area contributed by atoms with Gasteiger partial charge in [0, 0.05) is 25.6 Å². The summed E-state index contributed by atoms with van der Waals surface area (Å²) in [6.07, 6.45) is 2.31. The van der Waals surface area contributed by atoms with Gasteiger partial charge in [-0.25, -0.2) is 0 Å². The smallest absolute Gasteiger partial charge is 0.270 e. The molecule has 0 unspecified atom stereocenters. The molecular weight excluding hydrogens is 426 g/mol. The quantitative estimate of drug-likeness (QED) is 0.302. The fourth-order valence-corrected chi connectivity index (χ4v) is 2.87. The maximum Gasteiger partial charge on any atom is 0.270 e. The highest BCUT2D eigenvalue weighted by atomic mass is 16.6. The summed E-state index contributed by atoms with van der Waals surface area (Å²) < 4.78 is 11.2. The maximum absolute atomic E-state index is 12.7. The first-order chi connectivity index (χ1) is 15.7. The molecule has 0 saturated heterocycles. The molecule has 176 valence electrons. The van der Waals surface area contributed by atoms with Gasteiger partial charge in [-0.05, 0) is 41.7 Å². The van der Waals surface area contributed by atoms with Gasteiger partial charge in [0.1, 0.15) is 5.70 Å². The number of non-ortho nitro benzene ring substituents is 1. The van der Waals surface area contributed by atoms with E-state index < -0.39 is 16.7 Å². The number of benzene rings is 2. The fraction of sp³-hybridized carbons (Fsp3) is 0.333. The van der Waals surface area contributed by atoms with Crippen molar-refractivity contribution in [3.63, 3.8) is 0 Å². The summed E-state index contributed by atoms with van der Waals surface area (Å²) in [6.45, 7) is 6.27. The molecule has 0 atom stereocenters. The Kier molecular flexibility index (Phi) is 9.41. The number of rotatable bonds is 11. The minimum atomic E-state index is -0.534. The zero-order chi connectivity index (χ0) is 24.4. The van der Waals surface area contributed by atoms with Crippen LogP contribution in [0.15, 0.2) is 48.2 Å². The largest absolute Gasteiger partial charge is 0.493 e. The van der Waals surface area contributed by atoms with E-state index >= 15 is 0 Å². The van der Waals surface area contributed by atoms with Crippen LogP contribution in [-0.2, 0) is 16.1 Å². The summed E-state index contributed by atoms with van der Waals surface area (Å²) in [5, 5.41) is 16.2. The molecule has 9 heteroatoms. The first-order valence-corrected chi connectivity index (χ1v) is 10.5. The number of amides is 2. The lowest BCUT2D eigenvalue weighted by molar-refractivity contribution is -0.384. The van der Waals surface area contributed by atoms with Crippen LogP contribution in [0.25, 0.3) is 6.08 Å². The summed E-state index contributed by atoms with van der Waals surface area (Å²) in [4.78, 5) is 34.8. The van der Waals surface area contributed by atoms with E-state index in [1.165, 1.54) is 31.2 Å². The summed E-state index contributed by atoms with van der Waals surface area (Å²) in [5.74, 6) is 0.732. The summed E-state index contributed by atoms with van der Waals surface area (Å²) >= 11 is 0. The third-order valence-electron chi connectivity index (χ3n) is 4.58. The highest BCUT2D eigenvalue weighted by Crippen LogP contribution is 2.28. The number of nitro benzene ring substituents is 1. The Morgan fingerprint density at radius 1 is 1.15 bits per heavy atom. The molecule has 2 amide bonds. The predicted octanol–water partition coefficient (Wildman–Crippen LogP) is 3.82. The van der Waals surface area contributed by atoms with Crippen molar-refractivity contribution in [2.45, 2.75) is 33.7 Å². The second-order valence-electron chi connectivity index (χ2n) is 7.79. The Balaban J connectivity index is 2.12. The second kappa shape index (κ2) is 12.2. The van der Waals surface area contributed by atoms with Crippen LogP contribution in [0.3, 0.4) is 0 Å². The van der Waals surface area contributed by atoms with Gasteiger partial charge in [-0.2, -0.15) is 0 Å². The van der Waals surface area contributed by atoms with Crippen LogP contribution in [0.4, 0.5) is 5.69 Å². The Hall–Kier alpha value is -3.88. The molecule has 33 heavy (non-hydrogen) atoms. The van der Waals surface area contributed by atoms with E-state index in [2.05, 4.69) is 24.5 Å². The molecule has 0 aliphatic carbocycles. The molecule has 2 aromatic carbocycles. The van der Waals surface area contributed by atoms with Gasteiger partial charge in [0.05, 0.1) is 18.6 Å². The van der Waals surface area contributed by atoms with E-state index in [9.17, 15) is 19.7 Å². The van der Waals surface area contributed by atoms with Crippen LogP contribution in [0.5, 0.6) is 11.5 Å². The molecule has 2 N–H and O–H groups in total. The van der Waals surface area contributed by atoms with Crippen LogP contribution in [0, 0.1) is 16.0 Å². The van der Waals surface area contributed by atoms with E-state index in [1.807, 2.05) is 6.07 Å². The topological polar surface area (TPSA) is 120 Å². The van der Waals surface area contributed by atoms with Crippen molar-refractivity contribution in [3.8, 4) is 11.5 Å². The number of nitrogens with one attached hydrogen (secondary N) is 2. The van der Waals surface area contributed by atoms with Crippen molar-refractivity contribution in [2.24, 2.45) is 5.92 Å². The lowest BCUT2D eigenvalue weighted by Crippen LogP contribution is -2.33. The average Bonchev–Trinajstić information content (AvgIpc) is 2.77. The number of carbonyl (C=O) groups excluding carboxylic acids is 2. The molecular formula is C24H29N3O6. The van der Waals surface area contributed by atoms with E-state index in [1.54, 1.807) is 25.3 Å². The molecule has 0 bridgehead atoms. The molecule has 0 aromatic heterocycles. The Morgan fingerprint density at radius 2 is 1.91 bits per heavy atom. The number of nitro groups is 1. The molecule has 0 saturated carbocycles. The SMILES string of the molecule is COc1cc(CNC(=O)/C(=C/c2cccc([N+](=O)[O-])c2)NC(C)=O)ccc1OCCC(C)C. The predicted molar refractivity (Wildman–Crippen MR) is 125 cm³/mol. The van der Waals surface area contributed by atoms with Crippen molar-refractivity contribution >= 4 is 23.6 Å². The number of carbonyl (C=O) groups is 2. The minimum Gasteiger partial charge on any atom is -0.493 e. The van der Waals surface area contributed by atoms with E-state index in [-0.39, 0.29) is 17.9 Å². The van der Waals surface area contributed by atoms with Crippen LogP contribution in [0.2, 0.25) is 0 Å². The number of hydrogen-bond acceptors (Lipinski definition) is 6.